The van der Waals surface area contributed by atoms with E-state index in [4.69, 9.17) is 4.74 Å². The van der Waals surface area contributed by atoms with Crippen LogP contribution >= 0.6 is 11.3 Å². The fourth-order valence-electron chi connectivity index (χ4n) is 3.37. The van der Waals surface area contributed by atoms with Gasteiger partial charge in [0.05, 0.1) is 12.3 Å². The summed E-state index contributed by atoms with van der Waals surface area (Å²) in [5, 5.41) is 9.58. The van der Waals surface area contributed by atoms with E-state index in [1.165, 1.54) is 15.9 Å². The molecular formula is C22H23N3O3S. The molecule has 0 saturated heterocycles. The average Bonchev–Trinajstić information content (AvgIpc) is 3.04. The van der Waals surface area contributed by atoms with Crippen LogP contribution in [-0.4, -0.2) is 23.7 Å². The molecule has 1 aromatic heterocycles. The number of carbonyl (C=O) groups excluding carboxylic acids is 1. The largest absolute Gasteiger partial charge is 0.462 e. The number of anilines is 1. The third kappa shape index (κ3) is 3.76. The molecule has 29 heavy (non-hydrogen) atoms. The van der Waals surface area contributed by atoms with Gasteiger partial charge in [0.15, 0.2) is 5.57 Å². The Hall–Kier alpha value is -3.11. The smallest absolute Gasteiger partial charge is 0.351 e. The Balaban J connectivity index is 2.37. The Labute approximate surface area is 173 Å². The van der Waals surface area contributed by atoms with Gasteiger partial charge in [-0.2, -0.15) is 5.26 Å². The molecule has 0 bridgehead atoms. The lowest BCUT2D eigenvalue weighted by atomic mass is 10.1. The van der Waals surface area contributed by atoms with Crippen molar-refractivity contribution in [1.82, 2.24) is 4.57 Å². The maximum absolute atomic E-state index is 13.3. The molecule has 6 nitrogen and oxygen atoms in total. The summed E-state index contributed by atoms with van der Waals surface area (Å²) < 4.78 is 7.41. The molecule has 0 saturated carbocycles. The summed E-state index contributed by atoms with van der Waals surface area (Å²) in [4.78, 5) is 27.6. The van der Waals surface area contributed by atoms with Gasteiger partial charge in [0.2, 0.25) is 0 Å². The van der Waals surface area contributed by atoms with Crippen molar-refractivity contribution in [1.29, 1.82) is 5.26 Å². The summed E-state index contributed by atoms with van der Waals surface area (Å²) in [5.74, 6) is -0.700. The number of para-hydroxylation sites is 1. The van der Waals surface area contributed by atoms with E-state index < -0.39 is 5.97 Å². The fraction of sp³-hybridized carbons (Fsp3) is 0.318. The molecule has 150 valence electrons. The second-order valence-electron chi connectivity index (χ2n) is 6.42. The van der Waals surface area contributed by atoms with Crippen molar-refractivity contribution in [2.24, 2.45) is 0 Å². The number of esters is 1. The number of benzene rings is 1. The molecule has 0 radical (unpaired) electrons. The normalized spacial score (nSPS) is 15.6. The van der Waals surface area contributed by atoms with E-state index in [-0.39, 0.29) is 17.7 Å². The summed E-state index contributed by atoms with van der Waals surface area (Å²) in [6, 6.07) is 9.94. The molecule has 0 unspecified atom stereocenters. The number of ether oxygens (including phenoxy) is 1. The number of nitrogens with zero attached hydrogens (tertiary/aromatic N) is 3. The van der Waals surface area contributed by atoms with Crippen molar-refractivity contribution >= 4 is 40.3 Å². The maximum Gasteiger partial charge on any atom is 0.351 e. The van der Waals surface area contributed by atoms with Crippen molar-refractivity contribution in [2.45, 2.75) is 33.7 Å². The van der Waals surface area contributed by atoms with E-state index in [1.54, 1.807) is 6.92 Å². The van der Waals surface area contributed by atoms with E-state index in [2.05, 4.69) is 4.90 Å². The molecule has 2 aromatic rings. The summed E-state index contributed by atoms with van der Waals surface area (Å²) >= 11 is 1.17. The Morgan fingerprint density at radius 3 is 2.62 bits per heavy atom. The monoisotopic (exact) mass is 409 g/mol. The van der Waals surface area contributed by atoms with Gasteiger partial charge in [0, 0.05) is 18.8 Å². The zero-order valence-corrected chi connectivity index (χ0v) is 17.6. The van der Waals surface area contributed by atoms with Crippen LogP contribution in [0.1, 0.15) is 32.8 Å². The van der Waals surface area contributed by atoms with Crippen LogP contribution in [0.5, 0.6) is 0 Å². The van der Waals surface area contributed by atoms with E-state index in [9.17, 15) is 14.9 Å². The van der Waals surface area contributed by atoms with E-state index >= 15 is 0 Å². The van der Waals surface area contributed by atoms with Gasteiger partial charge < -0.3 is 9.64 Å². The van der Waals surface area contributed by atoms with Gasteiger partial charge in [0.1, 0.15) is 15.3 Å². The Morgan fingerprint density at radius 1 is 1.21 bits per heavy atom. The van der Waals surface area contributed by atoms with E-state index in [0.717, 1.165) is 16.9 Å². The number of fused-ring (bicyclic) bond motifs is 1. The highest BCUT2D eigenvalue weighted by atomic mass is 32.1. The van der Waals surface area contributed by atoms with Gasteiger partial charge in [-0.05, 0) is 38.0 Å². The lowest BCUT2D eigenvalue weighted by Gasteiger charge is -2.28. The molecule has 0 aliphatic carbocycles. The second-order valence-corrected chi connectivity index (χ2v) is 7.42. The van der Waals surface area contributed by atoms with Crippen LogP contribution < -0.4 is 19.7 Å². The van der Waals surface area contributed by atoms with Crippen molar-refractivity contribution in [3.8, 4) is 6.07 Å². The average molecular weight is 410 g/mol. The summed E-state index contributed by atoms with van der Waals surface area (Å²) in [6.45, 7) is 6.94. The Kier molecular flexibility index (Phi) is 6.35. The van der Waals surface area contributed by atoms with Crippen LogP contribution in [0.3, 0.4) is 0 Å². The minimum atomic E-state index is -0.700. The predicted octanol–water partition coefficient (Wildman–Crippen LogP) is 2.22. The van der Waals surface area contributed by atoms with Gasteiger partial charge in [0.25, 0.3) is 5.56 Å². The van der Waals surface area contributed by atoms with E-state index in [0.29, 0.717) is 28.7 Å². The number of likely N-dealkylation sites (N-methyl/N-ethyl adjacent to an activating group) is 1. The molecule has 3 rings (SSSR count). The molecule has 7 heteroatoms. The quantitative estimate of drug-likeness (QED) is 0.708. The molecule has 1 aromatic carbocycles. The fourth-order valence-corrected chi connectivity index (χ4v) is 4.56. The first kappa shape index (κ1) is 20.6. The number of thiazole rings is 1. The number of hydrogen-bond donors (Lipinski definition) is 0. The van der Waals surface area contributed by atoms with Gasteiger partial charge >= 0.3 is 5.97 Å². The lowest BCUT2D eigenvalue weighted by molar-refractivity contribution is -0.136. The van der Waals surface area contributed by atoms with Crippen molar-refractivity contribution < 1.29 is 9.53 Å². The topological polar surface area (TPSA) is 75.3 Å². The summed E-state index contributed by atoms with van der Waals surface area (Å²) in [5.41, 5.74) is 2.57. The second kappa shape index (κ2) is 8.93. The predicted molar refractivity (Wildman–Crippen MR) is 116 cm³/mol. The van der Waals surface area contributed by atoms with Crippen LogP contribution in [0.2, 0.25) is 0 Å². The van der Waals surface area contributed by atoms with E-state index in [1.807, 2.05) is 56.3 Å². The van der Waals surface area contributed by atoms with Crippen LogP contribution in [-0.2, 0) is 16.1 Å². The highest BCUT2D eigenvalue weighted by Crippen LogP contribution is 2.30. The van der Waals surface area contributed by atoms with Crippen molar-refractivity contribution in [3.63, 3.8) is 0 Å². The Bertz CT molecular complexity index is 1180. The van der Waals surface area contributed by atoms with Crippen LogP contribution in [0.4, 0.5) is 5.69 Å². The summed E-state index contributed by atoms with van der Waals surface area (Å²) in [7, 11) is 0. The Morgan fingerprint density at radius 2 is 1.97 bits per heavy atom. The zero-order chi connectivity index (χ0) is 21.0. The van der Waals surface area contributed by atoms with Gasteiger partial charge in [-0.3, -0.25) is 9.36 Å². The first-order valence-electron chi connectivity index (χ1n) is 9.67. The van der Waals surface area contributed by atoms with Gasteiger partial charge in [-0.25, -0.2) is 4.79 Å². The number of carbonyl (C=O) groups is 1. The zero-order valence-electron chi connectivity index (χ0n) is 16.8. The molecule has 0 amide bonds. The standard InChI is InChI=1S/C22H23N3O3S/c1-4-13-25-20(26)19(29-21(25)16(14-23)22(27)28-6-3)18-12-11-15-9-7-8-10-17(15)24(18)5-2/h7-12H,4-6,13H2,1-3H3/b19-18?,21-16+. The molecule has 0 fully saturated rings. The highest BCUT2D eigenvalue weighted by Gasteiger charge is 2.21. The van der Waals surface area contributed by atoms with Gasteiger partial charge in [-0.15, -0.1) is 11.3 Å². The number of hydrogen-bond acceptors (Lipinski definition) is 6. The summed E-state index contributed by atoms with van der Waals surface area (Å²) in [6.07, 6.45) is 4.62. The minimum Gasteiger partial charge on any atom is -0.462 e. The maximum atomic E-state index is 13.3. The third-order valence-electron chi connectivity index (χ3n) is 4.62. The highest BCUT2D eigenvalue weighted by molar-refractivity contribution is 7.07. The third-order valence-corrected chi connectivity index (χ3v) is 5.83. The molecule has 0 atom stereocenters. The minimum absolute atomic E-state index is 0.127. The van der Waals surface area contributed by atoms with Crippen molar-refractivity contribution in [3.05, 3.63) is 55.5 Å². The molecule has 0 N–H and O–H groups in total. The first-order valence-corrected chi connectivity index (χ1v) is 10.5. The molecule has 0 spiro atoms. The van der Waals surface area contributed by atoms with Crippen LogP contribution in [0.25, 0.3) is 17.3 Å². The lowest BCUT2D eigenvalue weighted by Crippen LogP contribution is -2.37. The molecule has 1 aliphatic heterocycles. The molecule has 2 heterocycles. The van der Waals surface area contributed by atoms with Crippen LogP contribution in [0.15, 0.2) is 35.1 Å². The number of aromatic nitrogens is 1. The van der Waals surface area contributed by atoms with Crippen molar-refractivity contribution in [2.75, 3.05) is 18.1 Å². The SMILES string of the molecule is CCCn1c(=O)c(=C2C=Cc3ccccc3N2CC)s/c1=C(\C#N)C(=O)OCC. The first-order chi connectivity index (χ1) is 14.1. The van der Waals surface area contributed by atoms with Crippen LogP contribution in [0, 0.1) is 11.3 Å². The molecular weight excluding hydrogens is 386 g/mol. The molecule has 1 aliphatic rings. The number of nitriles is 1. The number of rotatable bonds is 5. The van der Waals surface area contributed by atoms with Gasteiger partial charge in [-0.1, -0.05) is 31.2 Å².